The summed E-state index contributed by atoms with van der Waals surface area (Å²) in [4.78, 5) is 0. The molecule has 0 heterocycles. The molecule has 0 spiro atoms. The summed E-state index contributed by atoms with van der Waals surface area (Å²) in [5, 5.41) is 0. The molecule has 74 valence electrons. The van der Waals surface area contributed by atoms with Crippen LogP contribution in [0.5, 0.6) is 0 Å². The molecule has 1 aliphatic carbocycles. The second kappa shape index (κ2) is 9.33. The van der Waals surface area contributed by atoms with Crippen LogP contribution in [0.1, 0.15) is 33.1 Å². The summed E-state index contributed by atoms with van der Waals surface area (Å²) in [6.07, 6.45) is 10.9. The van der Waals surface area contributed by atoms with Crippen molar-refractivity contribution < 1.29 is 17.0 Å². The van der Waals surface area contributed by atoms with Crippen LogP contribution in [0, 0.1) is 5.92 Å². The molecule has 0 N–H and O–H groups in total. The third kappa shape index (κ3) is 7.82. The molecule has 0 bridgehead atoms. The van der Waals surface area contributed by atoms with E-state index in [4.69, 9.17) is 18.6 Å². The van der Waals surface area contributed by atoms with Gasteiger partial charge in [-0.3, -0.25) is 0 Å². The van der Waals surface area contributed by atoms with Gasteiger partial charge in [-0.15, -0.1) is 0 Å². The molecular weight excluding hydrogens is 239 g/mol. The summed E-state index contributed by atoms with van der Waals surface area (Å²) in [7, 11) is 9.78. The van der Waals surface area contributed by atoms with Gasteiger partial charge in [-0.05, 0) is 19.3 Å². The Morgan fingerprint density at radius 2 is 2.08 bits per heavy atom. The van der Waals surface area contributed by atoms with Crippen LogP contribution in [-0.2, 0) is 17.0 Å². The summed E-state index contributed by atoms with van der Waals surface area (Å²) in [5.41, 5.74) is 1.43. The van der Waals surface area contributed by atoms with Crippen LogP contribution in [0.3, 0.4) is 0 Å². The average Bonchev–Trinajstić information content (AvgIpc) is 2.49. The third-order valence-corrected chi connectivity index (χ3v) is 1.97. The standard InChI is InChI=1S/C10H16.2ClH.Ti/c1-3-4-5-10-7-6-9(2)8-10;;;/h6-8,10H,3-5H2,1-2H3;2*1H;/q;;;+2/p-2. The van der Waals surface area contributed by atoms with E-state index in [0.29, 0.717) is 0 Å². The number of unbranched alkanes of at least 4 members (excludes halogenated alkanes) is 1. The van der Waals surface area contributed by atoms with Crippen LogP contribution in [0.4, 0.5) is 0 Å². The Hall–Kier alpha value is 0.774. The Kier molecular flexibility index (Phi) is 9.89. The van der Waals surface area contributed by atoms with Gasteiger partial charge in [0.25, 0.3) is 0 Å². The van der Waals surface area contributed by atoms with Crippen molar-refractivity contribution >= 4 is 18.6 Å². The minimum absolute atomic E-state index is 0.556. The Morgan fingerprint density at radius 3 is 2.46 bits per heavy atom. The Morgan fingerprint density at radius 1 is 1.46 bits per heavy atom. The Balaban J connectivity index is 0.000000424. The van der Waals surface area contributed by atoms with Crippen LogP contribution in [0.15, 0.2) is 23.8 Å². The Bertz CT molecular complexity index is 176. The van der Waals surface area contributed by atoms with E-state index in [-0.39, 0.29) is 0 Å². The number of rotatable bonds is 3. The molecular formula is C10H16Cl2Ti. The summed E-state index contributed by atoms with van der Waals surface area (Å²) < 4.78 is 0. The molecule has 1 rings (SSSR count). The second-order valence-corrected chi connectivity index (χ2v) is 5.73. The van der Waals surface area contributed by atoms with E-state index in [1.165, 1.54) is 24.8 Å². The Labute approximate surface area is 98.1 Å². The van der Waals surface area contributed by atoms with Crippen LogP contribution >= 0.6 is 18.6 Å². The van der Waals surface area contributed by atoms with Crippen molar-refractivity contribution in [3.8, 4) is 0 Å². The van der Waals surface area contributed by atoms with Crippen LogP contribution in [0.2, 0.25) is 0 Å². The van der Waals surface area contributed by atoms with Crippen molar-refractivity contribution in [2.45, 2.75) is 33.1 Å². The molecule has 0 nitrogen and oxygen atoms in total. The van der Waals surface area contributed by atoms with Gasteiger partial charge in [0.1, 0.15) is 0 Å². The normalized spacial score (nSPS) is 19.1. The van der Waals surface area contributed by atoms with Crippen molar-refractivity contribution in [2.75, 3.05) is 0 Å². The molecule has 0 aromatic heterocycles. The first-order valence-corrected chi connectivity index (χ1v) is 8.87. The minimum atomic E-state index is -0.556. The fourth-order valence-corrected chi connectivity index (χ4v) is 1.34. The monoisotopic (exact) mass is 254 g/mol. The van der Waals surface area contributed by atoms with Crippen molar-refractivity contribution in [3.63, 3.8) is 0 Å². The molecule has 1 unspecified atom stereocenters. The zero-order valence-corrected chi connectivity index (χ0v) is 11.3. The first-order chi connectivity index (χ1) is 6.24. The van der Waals surface area contributed by atoms with Gasteiger partial charge in [0.15, 0.2) is 0 Å². The first kappa shape index (κ1) is 13.8. The molecule has 0 aromatic rings. The first-order valence-electron chi connectivity index (χ1n) is 4.57. The molecule has 0 fully saturated rings. The molecule has 1 atom stereocenters. The maximum absolute atomic E-state index is 4.89. The summed E-state index contributed by atoms with van der Waals surface area (Å²) in [6, 6.07) is 0. The predicted molar refractivity (Wildman–Crippen MR) is 57.6 cm³/mol. The molecule has 1 aliphatic rings. The van der Waals surface area contributed by atoms with Crippen molar-refractivity contribution in [2.24, 2.45) is 5.92 Å². The van der Waals surface area contributed by atoms with E-state index >= 15 is 0 Å². The van der Waals surface area contributed by atoms with Gasteiger partial charge in [0.05, 0.1) is 0 Å². The fraction of sp³-hybridized carbons (Fsp3) is 0.600. The zero-order chi connectivity index (χ0) is 10.1. The van der Waals surface area contributed by atoms with Crippen molar-refractivity contribution in [1.29, 1.82) is 0 Å². The van der Waals surface area contributed by atoms with Gasteiger partial charge < -0.3 is 0 Å². The van der Waals surface area contributed by atoms with Gasteiger partial charge in [-0.2, -0.15) is 0 Å². The average molecular weight is 255 g/mol. The SMILES string of the molecule is CCCCC1C=CC(C)=C1.[Cl][Ti][Cl]. The third-order valence-electron chi connectivity index (χ3n) is 1.97. The van der Waals surface area contributed by atoms with E-state index in [2.05, 4.69) is 32.1 Å². The van der Waals surface area contributed by atoms with Gasteiger partial charge in [-0.1, -0.05) is 43.6 Å². The summed E-state index contributed by atoms with van der Waals surface area (Å²) in [5.74, 6) is 0.750. The molecule has 3 heteroatoms. The quantitative estimate of drug-likeness (QED) is 0.642. The molecule has 13 heavy (non-hydrogen) atoms. The number of allylic oxidation sites excluding steroid dienone is 4. The predicted octanol–water partition coefficient (Wildman–Crippen LogP) is 4.69. The van der Waals surface area contributed by atoms with Gasteiger partial charge >= 0.3 is 35.6 Å². The van der Waals surface area contributed by atoms with Gasteiger partial charge in [0.2, 0.25) is 0 Å². The number of halogens is 2. The van der Waals surface area contributed by atoms with E-state index in [1.54, 1.807) is 0 Å². The number of hydrogen-bond donors (Lipinski definition) is 0. The zero-order valence-electron chi connectivity index (χ0n) is 8.19. The van der Waals surface area contributed by atoms with Crippen molar-refractivity contribution in [3.05, 3.63) is 23.8 Å². The topological polar surface area (TPSA) is 0 Å². The molecule has 0 aliphatic heterocycles. The molecule has 0 aromatic carbocycles. The summed E-state index contributed by atoms with van der Waals surface area (Å²) in [6.45, 7) is 4.41. The molecule has 0 amide bonds. The van der Waals surface area contributed by atoms with E-state index in [9.17, 15) is 0 Å². The van der Waals surface area contributed by atoms with E-state index in [1.807, 2.05) is 0 Å². The van der Waals surface area contributed by atoms with Crippen LogP contribution in [-0.4, -0.2) is 0 Å². The fourth-order valence-electron chi connectivity index (χ4n) is 1.34. The van der Waals surface area contributed by atoms with Crippen molar-refractivity contribution in [1.82, 2.24) is 0 Å². The summed E-state index contributed by atoms with van der Waals surface area (Å²) >= 11 is -0.556. The van der Waals surface area contributed by atoms with Crippen LogP contribution in [0.25, 0.3) is 0 Å². The molecule has 0 saturated carbocycles. The molecule has 0 saturated heterocycles. The van der Waals surface area contributed by atoms with Crippen LogP contribution < -0.4 is 0 Å². The number of hydrogen-bond acceptors (Lipinski definition) is 0. The second-order valence-electron chi connectivity index (χ2n) is 3.15. The van der Waals surface area contributed by atoms with Gasteiger partial charge in [0, 0.05) is 0 Å². The van der Waals surface area contributed by atoms with E-state index in [0.717, 1.165) is 5.92 Å². The molecule has 0 radical (unpaired) electrons. The van der Waals surface area contributed by atoms with E-state index < -0.39 is 17.0 Å². The maximum atomic E-state index is 4.89. The van der Waals surface area contributed by atoms with Gasteiger partial charge in [-0.25, -0.2) is 0 Å².